The average molecular weight is 421 g/mol. The van der Waals surface area contributed by atoms with Gasteiger partial charge in [-0.2, -0.15) is 0 Å². The summed E-state index contributed by atoms with van der Waals surface area (Å²) in [6.45, 7) is 2.83. The Hall–Kier alpha value is -3.61. The second kappa shape index (κ2) is 11.5. The highest BCUT2D eigenvalue weighted by Gasteiger charge is 2.12. The molecule has 0 saturated carbocycles. The van der Waals surface area contributed by atoms with Crippen LogP contribution in [0.3, 0.4) is 0 Å². The van der Waals surface area contributed by atoms with Crippen molar-refractivity contribution < 1.29 is 18.7 Å². The van der Waals surface area contributed by atoms with E-state index < -0.39 is 11.8 Å². The third kappa shape index (κ3) is 6.99. The quantitative estimate of drug-likeness (QED) is 0.376. The van der Waals surface area contributed by atoms with Crippen LogP contribution in [-0.4, -0.2) is 23.4 Å². The molecule has 0 spiro atoms. The van der Waals surface area contributed by atoms with Crippen molar-refractivity contribution in [2.45, 2.75) is 39.0 Å². The minimum atomic E-state index is -0.409. The first-order valence-electron chi connectivity index (χ1n) is 10.5. The van der Waals surface area contributed by atoms with Gasteiger partial charge < -0.3 is 9.15 Å². The Labute approximate surface area is 181 Å². The van der Waals surface area contributed by atoms with Crippen molar-refractivity contribution in [1.82, 2.24) is 15.8 Å². The van der Waals surface area contributed by atoms with Crippen LogP contribution in [0, 0.1) is 0 Å². The molecule has 0 unspecified atom stereocenters. The van der Waals surface area contributed by atoms with Crippen molar-refractivity contribution in [2.24, 2.45) is 0 Å². The molecule has 2 aromatic carbocycles. The molecule has 0 saturated heterocycles. The minimum absolute atomic E-state index is 0.0125. The highest BCUT2D eigenvalue weighted by molar-refractivity contribution is 5.95. The van der Waals surface area contributed by atoms with Crippen molar-refractivity contribution in [3.05, 3.63) is 72.1 Å². The van der Waals surface area contributed by atoms with E-state index in [9.17, 15) is 9.59 Å². The minimum Gasteiger partial charge on any atom is -0.494 e. The first-order valence-corrected chi connectivity index (χ1v) is 10.5. The van der Waals surface area contributed by atoms with E-state index in [4.69, 9.17) is 9.15 Å². The number of rotatable bonds is 10. The van der Waals surface area contributed by atoms with Crippen LogP contribution in [-0.2, 0) is 11.2 Å². The van der Waals surface area contributed by atoms with Crippen LogP contribution in [0.4, 0.5) is 0 Å². The number of carbonyl (C=O) groups excluding carboxylic acids is 2. The lowest BCUT2D eigenvalue weighted by atomic mass is 10.2. The summed E-state index contributed by atoms with van der Waals surface area (Å²) >= 11 is 0. The molecule has 0 bridgehead atoms. The average Bonchev–Trinajstić information content (AvgIpc) is 3.27. The second-order valence-electron chi connectivity index (χ2n) is 7.12. The Morgan fingerprint density at radius 3 is 2.48 bits per heavy atom. The summed E-state index contributed by atoms with van der Waals surface area (Å²) in [6, 6.07) is 16.2. The van der Waals surface area contributed by atoms with Crippen LogP contribution in [0.2, 0.25) is 0 Å². The van der Waals surface area contributed by atoms with Gasteiger partial charge in [0.25, 0.3) is 5.91 Å². The summed E-state index contributed by atoms with van der Waals surface area (Å²) in [5.74, 6) is 0.360. The first-order chi connectivity index (χ1) is 15.2. The van der Waals surface area contributed by atoms with Crippen molar-refractivity contribution >= 4 is 11.8 Å². The maximum absolute atomic E-state index is 12.2. The molecular formula is C24H27N3O4. The SMILES string of the molecule is CCCCCCOc1ccc(C(=O)NNC(=O)Cc2coc(-c3ccccc3)n2)cc1. The number of carbonyl (C=O) groups is 2. The number of nitrogens with one attached hydrogen (secondary N) is 2. The van der Waals surface area contributed by atoms with Crippen LogP contribution >= 0.6 is 0 Å². The van der Waals surface area contributed by atoms with Gasteiger partial charge in [0.2, 0.25) is 11.8 Å². The van der Waals surface area contributed by atoms with E-state index in [1.165, 1.54) is 19.1 Å². The first kappa shape index (κ1) is 22.1. The van der Waals surface area contributed by atoms with E-state index >= 15 is 0 Å². The fraction of sp³-hybridized carbons (Fsp3) is 0.292. The van der Waals surface area contributed by atoms with Crippen molar-refractivity contribution in [1.29, 1.82) is 0 Å². The lowest BCUT2D eigenvalue weighted by Crippen LogP contribution is -2.42. The molecule has 3 aromatic rings. The Kier molecular flexibility index (Phi) is 8.22. The van der Waals surface area contributed by atoms with Crippen LogP contribution in [0.25, 0.3) is 11.5 Å². The normalized spacial score (nSPS) is 10.5. The summed E-state index contributed by atoms with van der Waals surface area (Å²) in [4.78, 5) is 28.6. The number of amides is 2. The van der Waals surface area contributed by atoms with Crippen LogP contribution in [0.1, 0.15) is 48.7 Å². The number of aromatic nitrogens is 1. The van der Waals surface area contributed by atoms with Gasteiger partial charge in [-0.3, -0.25) is 20.4 Å². The van der Waals surface area contributed by atoms with Crippen molar-refractivity contribution in [3.8, 4) is 17.2 Å². The Bertz CT molecular complexity index is 968. The van der Waals surface area contributed by atoms with Gasteiger partial charge in [-0.25, -0.2) is 4.98 Å². The maximum atomic E-state index is 12.2. The molecule has 0 aliphatic heterocycles. The molecule has 2 N–H and O–H groups in total. The van der Waals surface area contributed by atoms with Crippen LogP contribution in [0.15, 0.2) is 65.3 Å². The number of benzene rings is 2. The van der Waals surface area contributed by atoms with E-state index in [2.05, 4.69) is 22.8 Å². The van der Waals surface area contributed by atoms with Gasteiger partial charge in [-0.05, 0) is 42.8 Å². The van der Waals surface area contributed by atoms with E-state index in [0.717, 1.165) is 24.2 Å². The molecule has 31 heavy (non-hydrogen) atoms. The molecule has 0 aliphatic carbocycles. The molecule has 0 aliphatic rings. The van der Waals surface area contributed by atoms with Gasteiger partial charge in [0.05, 0.1) is 18.7 Å². The molecule has 162 valence electrons. The number of hydrogen-bond acceptors (Lipinski definition) is 5. The molecule has 7 nitrogen and oxygen atoms in total. The number of unbranched alkanes of at least 4 members (excludes halogenated alkanes) is 3. The van der Waals surface area contributed by atoms with E-state index in [1.54, 1.807) is 24.3 Å². The summed E-state index contributed by atoms with van der Waals surface area (Å²) in [5, 5.41) is 0. The topological polar surface area (TPSA) is 93.5 Å². The monoisotopic (exact) mass is 421 g/mol. The largest absolute Gasteiger partial charge is 0.494 e. The molecule has 2 amide bonds. The molecule has 1 heterocycles. The zero-order chi connectivity index (χ0) is 21.9. The maximum Gasteiger partial charge on any atom is 0.269 e. The van der Waals surface area contributed by atoms with Gasteiger partial charge in [-0.1, -0.05) is 44.4 Å². The lowest BCUT2D eigenvalue weighted by Gasteiger charge is -2.08. The fourth-order valence-corrected chi connectivity index (χ4v) is 2.93. The molecule has 1 aromatic heterocycles. The third-order valence-corrected chi connectivity index (χ3v) is 4.61. The Morgan fingerprint density at radius 1 is 0.968 bits per heavy atom. The molecule has 0 radical (unpaired) electrons. The second-order valence-corrected chi connectivity index (χ2v) is 7.12. The van der Waals surface area contributed by atoms with E-state index in [1.807, 2.05) is 30.3 Å². The summed E-state index contributed by atoms with van der Waals surface area (Å²) in [7, 11) is 0. The summed E-state index contributed by atoms with van der Waals surface area (Å²) in [5.41, 5.74) is 6.53. The zero-order valence-corrected chi connectivity index (χ0v) is 17.6. The highest BCUT2D eigenvalue weighted by atomic mass is 16.5. The summed E-state index contributed by atoms with van der Waals surface area (Å²) < 4.78 is 11.1. The van der Waals surface area contributed by atoms with Crippen LogP contribution in [0.5, 0.6) is 5.75 Å². The highest BCUT2D eigenvalue weighted by Crippen LogP contribution is 2.18. The predicted molar refractivity (Wildman–Crippen MR) is 117 cm³/mol. The zero-order valence-electron chi connectivity index (χ0n) is 17.6. The Balaban J connectivity index is 1.42. The predicted octanol–water partition coefficient (Wildman–Crippen LogP) is 4.30. The van der Waals surface area contributed by atoms with Crippen molar-refractivity contribution in [3.63, 3.8) is 0 Å². The third-order valence-electron chi connectivity index (χ3n) is 4.61. The van der Waals surface area contributed by atoms with Crippen molar-refractivity contribution in [2.75, 3.05) is 6.61 Å². The number of hydrazine groups is 1. The number of nitrogens with zero attached hydrogens (tertiary/aromatic N) is 1. The lowest BCUT2D eigenvalue weighted by molar-refractivity contribution is -0.121. The van der Waals surface area contributed by atoms with Gasteiger partial charge >= 0.3 is 0 Å². The Morgan fingerprint density at radius 2 is 1.74 bits per heavy atom. The summed E-state index contributed by atoms with van der Waals surface area (Å²) in [6.07, 6.45) is 5.98. The molecular weight excluding hydrogens is 394 g/mol. The smallest absolute Gasteiger partial charge is 0.269 e. The molecule has 3 rings (SSSR count). The van der Waals surface area contributed by atoms with Gasteiger partial charge in [0.15, 0.2) is 0 Å². The molecule has 0 atom stereocenters. The number of oxazole rings is 1. The van der Waals surface area contributed by atoms with Gasteiger partial charge in [0.1, 0.15) is 12.0 Å². The molecule has 0 fully saturated rings. The van der Waals surface area contributed by atoms with E-state index in [0.29, 0.717) is 23.8 Å². The van der Waals surface area contributed by atoms with Gasteiger partial charge in [-0.15, -0.1) is 0 Å². The molecule has 7 heteroatoms. The fourth-order valence-electron chi connectivity index (χ4n) is 2.93. The standard InChI is InChI=1S/C24H27N3O4/c1-2-3-4-8-15-30-21-13-11-18(12-14-21)23(29)27-26-22(28)16-20-17-31-24(25-20)19-9-6-5-7-10-19/h5-7,9-14,17H,2-4,8,15-16H2,1H3,(H,26,28)(H,27,29). The number of hydrogen-bond donors (Lipinski definition) is 2. The number of ether oxygens (including phenoxy) is 1. The van der Waals surface area contributed by atoms with Crippen LogP contribution < -0.4 is 15.6 Å². The van der Waals surface area contributed by atoms with E-state index in [-0.39, 0.29) is 6.42 Å². The van der Waals surface area contributed by atoms with Gasteiger partial charge in [0, 0.05) is 11.1 Å².